The Labute approximate surface area is 586 Å². The standard InChI is InChI=1S/C77H146O17P2/c1-8-10-11-12-13-14-15-16-17-21-24-31-38-46-53-60-77(82)94-73(65-88-75(80)59-52-45-40-33-35-42-49-56-69(5)6)67-92-96(85,86)90-63-71(78)62-89-95(83,84)91-66-72(64-87-74(79)58-51-44-37-30-27-26-29-36-43-50-57-70(7)9-2)93-76(81)61-54-47-39-32-25-22-19-18-20-23-28-34-41-48-55-68(3)4/h14-17,68-73,78H,8-13,18-67H2,1-7H3,(H,83,84)(H,85,86)/b15-14-,17-16-/t70?,71?,72-,73-/m1/s1. The minimum absolute atomic E-state index is 0.0840. The number of phosphoric acid groups is 2. The molecule has 0 aromatic heterocycles. The average Bonchev–Trinajstić information content (AvgIpc) is 1.58. The summed E-state index contributed by atoms with van der Waals surface area (Å²) in [5, 5.41) is 10.6. The highest BCUT2D eigenvalue weighted by molar-refractivity contribution is 7.47. The van der Waals surface area contributed by atoms with Gasteiger partial charge in [0, 0.05) is 25.7 Å². The van der Waals surface area contributed by atoms with Crippen LogP contribution in [0.5, 0.6) is 0 Å². The fourth-order valence-electron chi connectivity index (χ4n) is 11.2. The van der Waals surface area contributed by atoms with Gasteiger partial charge >= 0.3 is 39.5 Å². The number of unbranched alkanes of at least 4 members (excludes halogenated alkanes) is 37. The zero-order chi connectivity index (χ0) is 70.9. The number of hydrogen-bond acceptors (Lipinski definition) is 15. The van der Waals surface area contributed by atoms with Gasteiger partial charge in [0.1, 0.15) is 19.3 Å². The normalized spacial score (nSPS) is 14.5. The molecule has 0 fully saturated rings. The molecule has 19 heteroatoms. The van der Waals surface area contributed by atoms with Crippen molar-refractivity contribution in [2.24, 2.45) is 17.8 Å². The van der Waals surface area contributed by atoms with Gasteiger partial charge in [0.2, 0.25) is 0 Å². The minimum Gasteiger partial charge on any atom is -0.462 e. The molecule has 566 valence electrons. The smallest absolute Gasteiger partial charge is 0.462 e. The number of carbonyl (C=O) groups excluding carboxylic acids is 4. The van der Waals surface area contributed by atoms with Gasteiger partial charge < -0.3 is 33.8 Å². The van der Waals surface area contributed by atoms with E-state index in [1.807, 2.05) is 0 Å². The number of hydrogen-bond donors (Lipinski definition) is 3. The number of esters is 4. The summed E-state index contributed by atoms with van der Waals surface area (Å²) in [5.74, 6) is 0.156. The molecule has 4 unspecified atom stereocenters. The summed E-state index contributed by atoms with van der Waals surface area (Å²) in [6.07, 6.45) is 56.3. The maximum absolute atomic E-state index is 13.1. The minimum atomic E-state index is -4.96. The summed E-state index contributed by atoms with van der Waals surface area (Å²) < 4.78 is 68.5. The van der Waals surface area contributed by atoms with Crippen molar-refractivity contribution in [3.63, 3.8) is 0 Å². The van der Waals surface area contributed by atoms with E-state index in [0.29, 0.717) is 31.6 Å². The SMILES string of the molecule is CCCCCC/C=C\C=C/CCCCCCCC(=O)O[C@H](COC(=O)CCCCCCCCCC(C)C)COP(=O)(O)OCC(O)COP(=O)(O)OC[C@@H](COC(=O)CCCCCCCCCCCCC(C)CC)OC(=O)CCCCCCCCCCCCCCCCC(C)C. The van der Waals surface area contributed by atoms with E-state index < -0.39 is 97.5 Å². The van der Waals surface area contributed by atoms with Crippen molar-refractivity contribution in [1.82, 2.24) is 0 Å². The summed E-state index contributed by atoms with van der Waals surface area (Å²) in [5.41, 5.74) is 0. The second-order valence-corrected chi connectivity index (χ2v) is 31.2. The summed E-state index contributed by atoms with van der Waals surface area (Å²) >= 11 is 0. The van der Waals surface area contributed by atoms with Gasteiger partial charge in [-0.3, -0.25) is 37.3 Å². The number of aliphatic hydroxyl groups excluding tert-OH is 1. The molecule has 96 heavy (non-hydrogen) atoms. The molecule has 17 nitrogen and oxygen atoms in total. The summed E-state index contributed by atoms with van der Waals surface area (Å²) in [6.45, 7) is 11.8. The molecule has 0 saturated carbocycles. The number of phosphoric ester groups is 2. The largest absolute Gasteiger partial charge is 0.472 e. The third-order valence-electron chi connectivity index (χ3n) is 17.6. The highest BCUT2D eigenvalue weighted by Crippen LogP contribution is 2.45. The number of allylic oxidation sites excluding steroid dienone is 4. The molecule has 0 heterocycles. The third kappa shape index (κ3) is 68.7. The topological polar surface area (TPSA) is 237 Å². The van der Waals surface area contributed by atoms with Crippen LogP contribution >= 0.6 is 15.6 Å². The molecular formula is C77H146O17P2. The second-order valence-electron chi connectivity index (χ2n) is 28.3. The van der Waals surface area contributed by atoms with Crippen molar-refractivity contribution >= 4 is 39.5 Å². The highest BCUT2D eigenvalue weighted by Gasteiger charge is 2.30. The van der Waals surface area contributed by atoms with E-state index >= 15 is 0 Å². The van der Waals surface area contributed by atoms with Crippen LogP contribution < -0.4 is 0 Å². The van der Waals surface area contributed by atoms with Crippen LogP contribution in [0, 0.1) is 17.8 Å². The maximum atomic E-state index is 13.1. The Hall–Kier alpha value is -2.46. The Bertz CT molecular complexity index is 1970. The van der Waals surface area contributed by atoms with Crippen LogP contribution in [-0.2, 0) is 65.4 Å². The van der Waals surface area contributed by atoms with Gasteiger partial charge in [-0.25, -0.2) is 9.13 Å². The van der Waals surface area contributed by atoms with Gasteiger partial charge in [0.05, 0.1) is 26.4 Å². The van der Waals surface area contributed by atoms with E-state index in [1.165, 1.54) is 161 Å². The van der Waals surface area contributed by atoms with E-state index in [2.05, 4.69) is 72.8 Å². The average molecular weight is 1410 g/mol. The lowest BCUT2D eigenvalue weighted by atomic mass is 9.99. The van der Waals surface area contributed by atoms with Crippen molar-refractivity contribution < 1.29 is 80.2 Å². The molecule has 0 aliphatic heterocycles. The van der Waals surface area contributed by atoms with Crippen LogP contribution in [0.3, 0.4) is 0 Å². The quantitative estimate of drug-likeness (QED) is 0.0169. The van der Waals surface area contributed by atoms with Crippen molar-refractivity contribution in [1.29, 1.82) is 0 Å². The zero-order valence-corrected chi connectivity index (χ0v) is 64.1. The van der Waals surface area contributed by atoms with Crippen LogP contribution in [0.15, 0.2) is 24.3 Å². The van der Waals surface area contributed by atoms with Crippen LogP contribution in [0.2, 0.25) is 0 Å². The van der Waals surface area contributed by atoms with Gasteiger partial charge in [0.15, 0.2) is 12.2 Å². The molecule has 0 spiro atoms. The Balaban J connectivity index is 5.29. The molecule has 0 aliphatic carbocycles. The molecule has 0 aromatic rings. The molecule has 0 bridgehead atoms. The molecule has 0 aromatic carbocycles. The van der Waals surface area contributed by atoms with Gasteiger partial charge in [-0.15, -0.1) is 0 Å². The number of ether oxygens (including phenoxy) is 4. The van der Waals surface area contributed by atoms with Gasteiger partial charge in [-0.2, -0.15) is 0 Å². The molecule has 0 amide bonds. The van der Waals surface area contributed by atoms with Gasteiger partial charge in [-0.05, 0) is 69.1 Å². The van der Waals surface area contributed by atoms with E-state index in [0.717, 1.165) is 121 Å². The van der Waals surface area contributed by atoms with Gasteiger partial charge in [-0.1, -0.05) is 317 Å². The first kappa shape index (κ1) is 93.5. The number of rotatable bonds is 73. The second kappa shape index (κ2) is 67.1. The molecule has 0 rings (SSSR count). The van der Waals surface area contributed by atoms with Crippen LogP contribution in [-0.4, -0.2) is 96.7 Å². The molecular weight excluding hydrogens is 1260 g/mol. The fraction of sp³-hybridized carbons (Fsp3) is 0.896. The van der Waals surface area contributed by atoms with E-state index in [9.17, 15) is 43.2 Å². The molecule has 0 aliphatic rings. The highest BCUT2D eigenvalue weighted by atomic mass is 31.2. The lowest BCUT2D eigenvalue weighted by Crippen LogP contribution is -2.30. The van der Waals surface area contributed by atoms with E-state index in [4.69, 9.17) is 37.0 Å². The monoisotopic (exact) mass is 1410 g/mol. The first-order valence-corrected chi connectivity index (χ1v) is 42.2. The summed E-state index contributed by atoms with van der Waals surface area (Å²) in [4.78, 5) is 72.8. The molecule has 6 atom stereocenters. The predicted octanol–water partition coefficient (Wildman–Crippen LogP) is 22.1. The van der Waals surface area contributed by atoms with Crippen molar-refractivity contribution in [3.8, 4) is 0 Å². The molecule has 3 N–H and O–H groups in total. The van der Waals surface area contributed by atoms with Crippen molar-refractivity contribution in [2.45, 2.75) is 388 Å². The lowest BCUT2D eigenvalue weighted by molar-refractivity contribution is -0.161. The lowest BCUT2D eigenvalue weighted by Gasteiger charge is -2.21. The third-order valence-corrected chi connectivity index (χ3v) is 19.5. The maximum Gasteiger partial charge on any atom is 0.472 e. The van der Waals surface area contributed by atoms with Crippen molar-refractivity contribution in [3.05, 3.63) is 24.3 Å². The van der Waals surface area contributed by atoms with Crippen molar-refractivity contribution in [2.75, 3.05) is 39.6 Å². The molecule has 0 radical (unpaired) electrons. The zero-order valence-electron chi connectivity index (χ0n) is 62.3. The number of carbonyl (C=O) groups is 4. The predicted molar refractivity (Wildman–Crippen MR) is 390 cm³/mol. The number of aliphatic hydroxyl groups is 1. The van der Waals surface area contributed by atoms with Gasteiger partial charge in [0.25, 0.3) is 0 Å². The first-order chi connectivity index (χ1) is 46.3. The Morgan fingerprint density at radius 3 is 0.927 bits per heavy atom. The Morgan fingerprint density at radius 2 is 0.615 bits per heavy atom. The Morgan fingerprint density at radius 1 is 0.344 bits per heavy atom. The first-order valence-electron chi connectivity index (χ1n) is 39.2. The van der Waals surface area contributed by atoms with Crippen LogP contribution in [0.25, 0.3) is 0 Å². The van der Waals surface area contributed by atoms with Crippen LogP contribution in [0.4, 0.5) is 0 Å². The fourth-order valence-corrected chi connectivity index (χ4v) is 12.8. The molecule has 0 saturated heterocycles. The Kier molecular flexibility index (Phi) is 65.3. The summed E-state index contributed by atoms with van der Waals surface area (Å²) in [7, 11) is -9.93. The van der Waals surface area contributed by atoms with E-state index in [1.54, 1.807) is 0 Å². The van der Waals surface area contributed by atoms with E-state index in [-0.39, 0.29) is 25.7 Å². The summed E-state index contributed by atoms with van der Waals surface area (Å²) in [6, 6.07) is 0. The van der Waals surface area contributed by atoms with Crippen LogP contribution in [0.1, 0.15) is 370 Å².